The van der Waals surface area contributed by atoms with E-state index in [2.05, 4.69) is 40.1 Å². The predicted octanol–water partition coefficient (Wildman–Crippen LogP) is 5.03. The molecule has 2 aliphatic rings. The molecule has 33 heavy (non-hydrogen) atoms. The molecule has 5 aromatic rings. The highest BCUT2D eigenvalue weighted by Crippen LogP contribution is 2.41. The highest BCUT2D eigenvalue weighted by molar-refractivity contribution is 5.92. The summed E-state index contributed by atoms with van der Waals surface area (Å²) in [5.41, 5.74) is 6.45. The second-order valence-electron chi connectivity index (χ2n) is 9.68. The first kappa shape index (κ1) is 18.9. The van der Waals surface area contributed by atoms with Gasteiger partial charge in [-0.3, -0.25) is 9.48 Å². The van der Waals surface area contributed by atoms with Crippen molar-refractivity contribution in [2.45, 2.75) is 38.1 Å². The quantitative estimate of drug-likeness (QED) is 0.389. The summed E-state index contributed by atoms with van der Waals surface area (Å²) < 4.78 is 5.58. The maximum Gasteiger partial charge on any atom is 0.281 e. The molecule has 0 unspecified atom stereocenters. The lowest BCUT2D eigenvalue weighted by molar-refractivity contribution is 0.646. The van der Waals surface area contributed by atoms with Gasteiger partial charge in [0.05, 0.1) is 22.3 Å². The first-order valence-electron chi connectivity index (χ1n) is 11.8. The zero-order chi connectivity index (χ0) is 22.1. The third-order valence-corrected chi connectivity index (χ3v) is 7.04. The number of fused-ring (bicyclic) bond motifs is 2. The van der Waals surface area contributed by atoms with E-state index in [1.54, 1.807) is 9.36 Å². The Hall–Kier alpha value is -3.67. The Balaban J connectivity index is 1.45. The Kier molecular flexibility index (Phi) is 3.95. The number of hydrogen-bond acceptors (Lipinski definition) is 3. The zero-order valence-electron chi connectivity index (χ0n) is 18.6. The van der Waals surface area contributed by atoms with E-state index in [1.165, 1.54) is 31.2 Å². The van der Waals surface area contributed by atoms with E-state index in [1.807, 2.05) is 37.5 Å². The summed E-state index contributed by atoms with van der Waals surface area (Å²) in [5.74, 6) is 1.40. The molecule has 3 aromatic heterocycles. The number of hydrogen-bond donors (Lipinski definition) is 0. The average Bonchev–Trinajstić information content (AvgIpc) is 3.74. The third-order valence-electron chi connectivity index (χ3n) is 7.04. The van der Waals surface area contributed by atoms with Crippen molar-refractivity contribution in [2.75, 3.05) is 0 Å². The molecule has 0 bridgehead atoms. The molecule has 6 nitrogen and oxygen atoms in total. The minimum atomic E-state index is -0.0827. The molecular formula is C27H25N5O. The SMILES string of the molecule is Cn1cc2cc(-n3nc4ccn(CC5CC5)c4c(-c4ccc(C5CC5)cc4)c3=O)ccc2n1. The topological polar surface area (TPSA) is 57.6 Å². The van der Waals surface area contributed by atoms with Crippen LogP contribution in [0, 0.1) is 5.92 Å². The number of rotatable bonds is 5. The van der Waals surface area contributed by atoms with Crippen LogP contribution in [0.5, 0.6) is 0 Å². The fraction of sp³-hybridized carbons (Fsp3) is 0.296. The standard InChI is InChI=1S/C27H25N5O/c1-30-16-21-14-22(10-11-23(21)28-30)32-27(33)25(20-8-6-19(7-9-20)18-4-5-18)26-24(29-32)12-13-31(26)15-17-2-3-17/h6-14,16-18H,2-5,15H2,1H3. The molecule has 0 atom stereocenters. The second-order valence-corrected chi connectivity index (χ2v) is 9.68. The van der Waals surface area contributed by atoms with E-state index in [9.17, 15) is 4.79 Å². The first-order valence-corrected chi connectivity index (χ1v) is 11.8. The fourth-order valence-electron chi connectivity index (χ4n) is 4.95. The second kappa shape index (κ2) is 6.91. The van der Waals surface area contributed by atoms with E-state index < -0.39 is 0 Å². The Morgan fingerprint density at radius 2 is 1.76 bits per heavy atom. The van der Waals surface area contributed by atoms with Crippen LogP contribution >= 0.6 is 0 Å². The summed E-state index contributed by atoms with van der Waals surface area (Å²) >= 11 is 0. The third kappa shape index (κ3) is 3.20. The largest absolute Gasteiger partial charge is 0.345 e. The van der Waals surface area contributed by atoms with E-state index in [0.717, 1.165) is 45.3 Å². The molecule has 0 N–H and O–H groups in total. The molecule has 2 saturated carbocycles. The van der Waals surface area contributed by atoms with Crippen LogP contribution in [0.1, 0.15) is 37.2 Å². The first-order chi connectivity index (χ1) is 16.1. The van der Waals surface area contributed by atoms with Crippen molar-refractivity contribution in [1.82, 2.24) is 24.1 Å². The van der Waals surface area contributed by atoms with Gasteiger partial charge in [0.1, 0.15) is 5.52 Å². The molecule has 2 aliphatic carbocycles. The van der Waals surface area contributed by atoms with Crippen molar-refractivity contribution in [2.24, 2.45) is 13.0 Å². The Labute approximate surface area is 191 Å². The van der Waals surface area contributed by atoms with Gasteiger partial charge in [0, 0.05) is 31.4 Å². The van der Waals surface area contributed by atoms with E-state index in [4.69, 9.17) is 5.10 Å². The van der Waals surface area contributed by atoms with Crippen LogP contribution in [0.4, 0.5) is 0 Å². The number of aromatic nitrogens is 5. The van der Waals surface area contributed by atoms with Gasteiger partial charge in [-0.15, -0.1) is 0 Å². The van der Waals surface area contributed by atoms with Crippen molar-refractivity contribution in [3.8, 4) is 16.8 Å². The fourth-order valence-corrected chi connectivity index (χ4v) is 4.95. The molecule has 0 spiro atoms. The van der Waals surface area contributed by atoms with Crippen LogP contribution in [0.2, 0.25) is 0 Å². The van der Waals surface area contributed by atoms with Crippen LogP contribution in [0.15, 0.2) is 65.7 Å². The number of nitrogens with zero attached hydrogens (tertiary/aromatic N) is 5. The molecule has 2 fully saturated rings. The van der Waals surface area contributed by atoms with Crippen LogP contribution in [-0.2, 0) is 13.6 Å². The molecule has 0 radical (unpaired) electrons. The van der Waals surface area contributed by atoms with Gasteiger partial charge in [-0.1, -0.05) is 24.3 Å². The lowest BCUT2D eigenvalue weighted by Gasteiger charge is -2.13. The van der Waals surface area contributed by atoms with Gasteiger partial charge in [0.25, 0.3) is 5.56 Å². The summed E-state index contributed by atoms with van der Waals surface area (Å²) in [4.78, 5) is 14.0. The molecule has 7 rings (SSSR count). The predicted molar refractivity (Wildman–Crippen MR) is 130 cm³/mol. The van der Waals surface area contributed by atoms with Crippen molar-refractivity contribution >= 4 is 21.9 Å². The normalized spacial score (nSPS) is 16.2. The smallest absolute Gasteiger partial charge is 0.281 e. The summed E-state index contributed by atoms with van der Waals surface area (Å²) in [6.07, 6.45) is 9.12. The summed E-state index contributed by atoms with van der Waals surface area (Å²) in [5, 5.41) is 10.3. The minimum Gasteiger partial charge on any atom is -0.345 e. The van der Waals surface area contributed by atoms with Gasteiger partial charge >= 0.3 is 0 Å². The maximum atomic E-state index is 14.0. The van der Waals surface area contributed by atoms with Crippen LogP contribution < -0.4 is 5.56 Å². The Morgan fingerprint density at radius 3 is 2.52 bits per heavy atom. The summed E-state index contributed by atoms with van der Waals surface area (Å²) in [6.45, 7) is 0.948. The van der Waals surface area contributed by atoms with Crippen LogP contribution in [0.3, 0.4) is 0 Å². The zero-order valence-corrected chi connectivity index (χ0v) is 18.6. The van der Waals surface area contributed by atoms with Crippen molar-refractivity contribution in [3.63, 3.8) is 0 Å². The highest BCUT2D eigenvalue weighted by atomic mass is 16.1. The lowest BCUT2D eigenvalue weighted by Crippen LogP contribution is -2.23. The molecule has 0 amide bonds. The molecule has 6 heteroatoms. The lowest BCUT2D eigenvalue weighted by atomic mass is 10.0. The Morgan fingerprint density at radius 1 is 0.939 bits per heavy atom. The van der Waals surface area contributed by atoms with E-state index in [0.29, 0.717) is 11.8 Å². The van der Waals surface area contributed by atoms with Crippen LogP contribution in [-0.4, -0.2) is 24.1 Å². The van der Waals surface area contributed by atoms with Crippen molar-refractivity contribution in [3.05, 3.63) is 76.8 Å². The number of benzene rings is 2. The van der Waals surface area contributed by atoms with Crippen molar-refractivity contribution < 1.29 is 0 Å². The monoisotopic (exact) mass is 435 g/mol. The van der Waals surface area contributed by atoms with Crippen molar-refractivity contribution in [1.29, 1.82) is 0 Å². The van der Waals surface area contributed by atoms with Gasteiger partial charge in [-0.2, -0.15) is 14.9 Å². The summed E-state index contributed by atoms with van der Waals surface area (Å²) in [7, 11) is 1.90. The average molecular weight is 436 g/mol. The van der Waals surface area contributed by atoms with Gasteiger partial charge in [0.15, 0.2) is 0 Å². The summed E-state index contributed by atoms with van der Waals surface area (Å²) in [6, 6.07) is 16.5. The molecule has 0 aliphatic heterocycles. The van der Waals surface area contributed by atoms with E-state index in [-0.39, 0.29) is 5.56 Å². The van der Waals surface area contributed by atoms with Crippen LogP contribution in [0.25, 0.3) is 38.8 Å². The number of aryl methyl sites for hydroxylation is 1. The molecule has 164 valence electrons. The highest BCUT2D eigenvalue weighted by Gasteiger charge is 2.26. The molecule has 2 aromatic carbocycles. The van der Waals surface area contributed by atoms with Gasteiger partial charge in [0.2, 0.25) is 0 Å². The molecular weight excluding hydrogens is 410 g/mol. The maximum absolute atomic E-state index is 14.0. The van der Waals surface area contributed by atoms with Gasteiger partial charge < -0.3 is 4.57 Å². The Bertz CT molecular complexity index is 1580. The molecule has 0 saturated heterocycles. The van der Waals surface area contributed by atoms with Gasteiger partial charge in [-0.25, -0.2) is 0 Å². The molecule has 3 heterocycles. The minimum absolute atomic E-state index is 0.0827. The van der Waals surface area contributed by atoms with E-state index >= 15 is 0 Å². The van der Waals surface area contributed by atoms with Gasteiger partial charge in [-0.05, 0) is 72.9 Å².